The predicted molar refractivity (Wildman–Crippen MR) is 198 cm³/mol. The van der Waals surface area contributed by atoms with Gasteiger partial charge in [-0.3, -0.25) is 14.3 Å². The molecule has 5 heterocycles. The van der Waals surface area contributed by atoms with Crippen molar-refractivity contribution in [1.29, 1.82) is 0 Å². The van der Waals surface area contributed by atoms with Crippen LogP contribution in [-0.2, 0) is 34.6 Å². The predicted octanol–water partition coefficient (Wildman–Crippen LogP) is 6.87. The molecule has 5 aromatic rings. The Morgan fingerprint density at radius 2 is 1.77 bits per heavy atom. The zero-order valence-corrected chi connectivity index (χ0v) is 31.8. The number of fused-ring (bicyclic) bond motifs is 4. The van der Waals surface area contributed by atoms with E-state index in [1.807, 2.05) is 4.90 Å². The van der Waals surface area contributed by atoms with Gasteiger partial charge in [0, 0.05) is 49.0 Å². The second-order valence-electron chi connectivity index (χ2n) is 15.5. The molecule has 2 aliphatic carbocycles. The number of hydrogen-bond acceptors (Lipinski definition) is 9. The first-order valence-corrected chi connectivity index (χ1v) is 19.6. The maximum absolute atomic E-state index is 15.6. The van der Waals surface area contributed by atoms with E-state index >= 15 is 8.78 Å². The van der Waals surface area contributed by atoms with Crippen molar-refractivity contribution in [2.24, 2.45) is 11.7 Å². The lowest BCUT2D eigenvalue weighted by Crippen LogP contribution is -2.46. The number of aromatic nitrogens is 4. The summed E-state index contributed by atoms with van der Waals surface area (Å²) in [6.45, 7) is 0.165. The number of rotatable bonds is 9. The highest BCUT2D eigenvalue weighted by Gasteiger charge is 2.63. The lowest BCUT2D eigenvalue weighted by atomic mass is 9.73. The number of pyridine rings is 1. The van der Waals surface area contributed by atoms with Crippen molar-refractivity contribution in [2.45, 2.75) is 68.3 Å². The molecule has 3 atom stereocenters. The second-order valence-corrected chi connectivity index (χ2v) is 16.5. The van der Waals surface area contributed by atoms with E-state index in [0.29, 0.717) is 53.1 Å². The minimum atomic E-state index is -5.09. The molecule has 314 valence electrons. The molecule has 1 saturated carbocycles. The molecule has 0 bridgehead atoms. The number of carbonyl (C=O) groups excluding carboxylic acids is 3. The highest BCUT2D eigenvalue weighted by molar-refractivity contribution is 7.22. The molecule has 3 aromatic heterocycles. The van der Waals surface area contributed by atoms with Crippen LogP contribution in [0, 0.1) is 23.4 Å². The maximum atomic E-state index is 15.6. The summed E-state index contributed by atoms with van der Waals surface area (Å²) >= 11 is 1.22. The average molecular weight is 861 g/mol. The summed E-state index contributed by atoms with van der Waals surface area (Å²) in [6.07, 6.45) is -4.92. The molecular formula is C39H32F8N8O4S. The molecule has 2 aromatic carbocycles. The summed E-state index contributed by atoms with van der Waals surface area (Å²) in [6, 6.07) is 6.22. The molecule has 0 radical (unpaired) electrons. The van der Waals surface area contributed by atoms with Gasteiger partial charge < -0.3 is 26.0 Å². The second kappa shape index (κ2) is 14.1. The SMILES string of the molecule is NC(=O)c1cc(-c2cc3sc(N4CCC5(CC4)CNC(=O)O5)nc3nc2[C@H](Cc2cc(F)cc(F)c2)NC(=O)Cn2nc(C(F)(F)F)c3c2C(F)(F)[C@@H]2CC[C@H]32)ccc1F. The Kier molecular flexibility index (Phi) is 9.32. The molecule has 1 spiro atoms. The number of halogens is 8. The fourth-order valence-corrected chi connectivity index (χ4v) is 9.78. The molecule has 2 aliphatic heterocycles. The van der Waals surface area contributed by atoms with Gasteiger partial charge >= 0.3 is 12.3 Å². The Morgan fingerprint density at radius 3 is 2.40 bits per heavy atom. The van der Waals surface area contributed by atoms with Crippen LogP contribution in [-0.4, -0.2) is 62.9 Å². The van der Waals surface area contributed by atoms with E-state index in [9.17, 15) is 40.7 Å². The quantitative estimate of drug-likeness (QED) is 0.136. The summed E-state index contributed by atoms with van der Waals surface area (Å²) in [5, 5.41) is 9.28. The van der Waals surface area contributed by atoms with Gasteiger partial charge in [-0.1, -0.05) is 17.4 Å². The Hall–Kier alpha value is -5.86. The smallest absolute Gasteiger partial charge is 0.435 e. The van der Waals surface area contributed by atoms with Crippen LogP contribution in [0.1, 0.15) is 76.2 Å². The molecule has 3 fully saturated rings. The molecule has 21 heteroatoms. The molecule has 9 rings (SSSR count). The van der Waals surface area contributed by atoms with Crippen LogP contribution in [0.4, 0.5) is 45.0 Å². The number of nitrogens with zero attached hydrogens (tertiary/aromatic N) is 5. The van der Waals surface area contributed by atoms with Crippen molar-refractivity contribution in [3.05, 3.63) is 93.7 Å². The van der Waals surface area contributed by atoms with Crippen molar-refractivity contribution in [2.75, 3.05) is 24.5 Å². The van der Waals surface area contributed by atoms with Gasteiger partial charge in [0.1, 0.15) is 35.3 Å². The van der Waals surface area contributed by atoms with Gasteiger partial charge in [-0.05, 0) is 66.6 Å². The number of ether oxygens (including phenoxy) is 1. The summed E-state index contributed by atoms with van der Waals surface area (Å²) in [7, 11) is 0. The molecule has 0 unspecified atom stereocenters. The van der Waals surface area contributed by atoms with Gasteiger partial charge in [0.2, 0.25) is 5.91 Å². The number of nitrogens with two attached hydrogens (primary N) is 1. The largest absolute Gasteiger partial charge is 0.441 e. The topological polar surface area (TPSA) is 157 Å². The number of thiazole rings is 1. The van der Waals surface area contributed by atoms with Crippen LogP contribution in [0.2, 0.25) is 0 Å². The number of anilines is 1. The average Bonchev–Trinajstić information content (AvgIpc) is 3.87. The van der Waals surface area contributed by atoms with E-state index in [1.165, 1.54) is 17.4 Å². The van der Waals surface area contributed by atoms with Gasteiger partial charge in [0.05, 0.1) is 28.5 Å². The zero-order valence-electron chi connectivity index (χ0n) is 31.0. The minimum Gasteiger partial charge on any atom is -0.441 e. The highest BCUT2D eigenvalue weighted by Crippen LogP contribution is 2.64. The maximum Gasteiger partial charge on any atom is 0.435 e. The standard InChI is InChI=1S/C39H32F8N8O4S/c40-19-9-17(10-20(41)13-19)11-26(50-28(56)15-55-32-29(31(53-55)39(45,46)47)21-2-3-24(21)38(32,43)44)30-22(18-1-4-25(42)23(12-18)33(48)57)14-27-34(51-30)52-35(60-27)54-7-5-37(6-8-54)16-49-36(58)59-37/h1,4,9-10,12-14,21,24,26H,2-3,5-8,11,15-16H2,(H2,48,57)(H,49,58)(H,50,56)/t21-,24+,26-/m0/s1. The van der Waals surface area contributed by atoms with Crippen LogP contribution in [0.15, 0.2) is 42.5 Å². The fraction of sp³-hybridized carbons (Fsp3) is 0.385. The number of benzene rings is 2. The van der Waals surface area contributed by atoms with Crippen LogP contribution in [0.5, 0.6) is 0 Å². The van der Waals surface area contributed by atoms with Crippen LogP contribution < -0.4 is 21.3 Å². The van der Waals surface area contributed by atoms with E-state index < -0.39 is 106 Å². The Morgan fingerprint density at radius 1 is 1.03 bits per heavy atom. The number of alkyl carbamates (subject to hydrolysis) is 1. The number of amides is 3. The van der Waals surface area contributed by atoms with Crippen molar-refractivity contribution in [3.63, 3.8) is 0 Å². The van der Waals surface area contributed by atoms with Crippen LogP contribution in [0.3, 0.4) is 0 Å². The van der Waals surface area contributed by atoms with Gasteiger partial charge in [-0.2, -0.15) is 32.0 Å². The third-order valence-corrected chi connectivity index (χ3v) is 12.8. The van der Waals surface area contributed by atoms with Crippen molar-refractivity contribution >= 4 is 44.7 Å². The summed E-state index contributed by atoms with van der Waals surface area (Å²) < 4.78 is 124. The van der Waals surface area contributed by atoms with Gasteiger partial charge in [0.25, 0.3) is 11.8 Å². The Bertz CT molecular complexity index is 2590. The number of piperidine rings is 1. The van der Waals surface area contributed by atoms with E-state index in [1.54, 1.807) is 6.07 Å². The van der Waals surface area contributed by atoms with Crippen LogP contribution >= 0.6 is 11.3 Å². The third kappa shape index (κ3) is 6.85. The summed E-state index contributed by atoms with van der Waals surface area (Å²) in [4.78, 5) is 49.5. The lowest BCUT2D eigenvalue weighted by molar-refractivity contribution is -0.144. The Balaban J connectivity index is 1.13. The number of alkyl halides is 5. The van der Waals surface area contributed by atoms with Gasteiger partial charge in [-0.15, -0.1) is 0 Å². The van der Waals surface area contributed by atoms with Crippen LogP contribution in [0.25, 0.3) is 21.5 Å². The molecule has 3 amide bonds. The fourth-order valence-electron chi connectivity index (χ4n) is 8.78. The zero-order chi connectivity index (χ0) is 42.5. The van der Waals surface area contributed by atoms with Crippen molar-refractivity contribution in [3.8, 4) is 11.1 Å². The number of primary amides is 1. The first-order valence-electron chi connectivity index (χ1n) is 18.8. The number of carbonyl (C=O) groups is 3. The van der Waals surface area contributed by atoms with Crippen molar-refractivity contribution < 1.29 is 54.2 Å². The van der Waals surface area contributed by atoms with Gasteiger partial charge in [0.15, 0.2) is 16.5 Å². The summed E-state index contributed by atoms with van der Waals surface area (Å²) in [5.74, 6) is -11.2. The van der Waals surface area contributed by atoms with E-state index in [4.69, 9.17) is 20.4 Å². The van der Waals surface area contributed by atoms with E-state index in [-0.39, 0.29) is 40.9 Å². The molecular weight excluding hydrogens is 829 g/mol. The first-order chi connectivity index (χ1) is 28.4. The third-order valence-electron chi connectivity index (χ3n) is 11.8. The lowest BCUT2D eigenvalue weighted by Gasteiger charge is -2.36. The molecule has 60 heavy (non-hydrogen) atoms. The molecule has 4 aliphatic rings. The Labute approximate surface area is 338 Å². The monoisotopic (exact) mass is 860 g/mol. The van der Waals surface area contributed by atoms with Gasteiger partial charge in [-0.25, -0.2) is 22.9 Å². The van der Waals surface area contributed by atoms with E-state index in [0.717, 1.165) is 24.3 Å². The first kappa shape index (κ1) is 39.6. The minimum absolute atomic E-state index is 0.00617. The number of nitrogens with one attached hydrogen (secondary N) is 2. The highest BCUT2D eigenvalue weighted by atomic mass is 32.1. The molecule has 4 N–H and O–H groups in total. The normalized spacial score (nSPS) is 20.7. The molecule has 12 nitrogen and oxygen atoms in total. The number of hydrogen-bond donors (Lipinski definition) is 3. The van der Waals surface area contributed by atoms with E-state index in [2.05, 4.69) is 15.7 Å². The summed E-state index contributed by atoms with van der Waals surface area (Å²) in [5.41, 5.74) is 1.62. The molecule has 2 saturated heterocycles. The van der Waals surface area contributed by atoms with Crippen molar-refractivity contribution in [1.82, 2.24) is 30.4 Å².